The third kappa shape index (κ3) is 4.00. The highest BCUT2D eigenvalue weighted by atomic mass is 15.3. The molecular formula is C11H22N4. The first-order chi connectivity index (χ1) is 7.25. The van der Waals surface area contributed by atoms with Crippen molar-refractivity contribution in [2.45, 2.75) is 46.1 Å². The van der Waals surface area contributed by atoms with Crippen molar-refractivity contribution in [2.24, 2.45) is 0 Å². The summed E-state index contributed by atoms with van der Waals surface area (Å²) >= 11 is 0. The van der Waals surface area contributed by atoms with E-state index in [9.17, 15) is 0 Å². The number of hydrogen-bond acceptors (Lipinski definition) is 3. The molecule has 0 aliphatic rings. The summed E-state index contributed by atoms with van der Waals surface area (Å²) in [4.78, 5) is 4.28. The normalized spacial score (nSPS) is 11.2. The number of hydrogen-bond donors (Lipinski definition) is 1. The van der Waals surface area contributed by atoms with Crippen molar-refractivity contribution >= 4 is 0 Å². The minimum absolute atomic E-state index is 0.408. The van der Waals surface area contributed by atoms with E-state index in [0.717, 1.165) is 31.8 Å². The van der Waals surface area contributed by atoms with E-state index in [0.29, 0.717) is 6.04 Å². The third-order valence-electron chi connectivity index (χ3n) is 2.32. The lowest BCUT2D eigenvalue weighted by Gasteiger charge is -2.09. The van der Waals surface area contributed by atoms with Crippen LogP contribution in [0, 0.1) is 0 Å². The minimum atomic E-state index is 0.408. The molecule has 1 aromatic rings. The van der Waals surface area contributed by atoms with Crippen LogP contribution in [0.15, 0.2) is 6.33 Å². The number of rotatable bonds is 7. The second kappa shape index (κ2) is 6.56. The standard InChI is InChI=1S/C11H22N4/c1-4-7-12-8-5-6-11-13-9-14-15(11)10(2)3/h9-10,12H,4-8H2,1-3H3. The molecule has 1 aromatic heterocycles. The van der Waals surface area contributed by atoms with Gasteiger partial charge in [-0.2, -0.15) is 5.10 Å². The van der Waals surface area contributed by atoms with E-state index in [1.165, 1.54) is 6.42 Å². The van der Waals surface area contributed by atoms with Gasteiger partial charge in [0.15, 0.2) is 0 Å². The van der Waals surface area contributed by atoms with E-state index in [2.05, 4.69) is 36.2 Å². The first-order valence-corrected chi connectivity index (χ1v) is 5.84. The molecule has 0 fully saturated rings. The molecule has 0 spiro atoms. The summed E-state index contributed by atoms with van der Waals surface area (Å²) in [5.41, 5.74) is 0. The maximum absolute atomic E-state index is 4.28. The SMILES string of the molecule is CCCNCCCc1ncnn1C(C)C. The maximum atomic E-state index is 4.28. The van der Waals surface area contributed by atoms with Gasteiger partial charge < -0.3 is 5.32 Å². The first kappa shape index (κ1) is 12.2. The number of nitrogens with zero attached hydrogens (tertiary/aromatic N) is 3. The van der Waals surface area contributed by atoms with Crippen molar-refractivity contribution in [1.82, 2.24) is 20.1 Å². The Labute approximate surface area is 92.1 Å². The van der Waals surface area contributed by atoms with Gasteiger partial charge in [0.25, 0.3) is 0 Å². The Kier molecular flexibility index (Phi) is 5.32. The molecule has 0 radical (unpaired) electrons. The number of aromatic nitrogens is 3. The molecule has 0 amide bonds. The van der Waals surface area contributed by atoms with Crippen LogP contribution in [0.25, 0.3) is 0 Å². The topological polar surface area (TPSA) is 42.7 Å². The van der Waals surface area contributed by atoms with Crippen molar-refractivity contribution in [3.63, 3.8) is 0 Å². The highest BCUT2D eigenvalue weighted by Crippen LogP contribution is 2.06. The van der Waals surface area contributed by atoms with Gasteiger partial charge in [-0.1, -0.05) is 6.92 Å². The second-order valence-corrected chi connectivity index (χ2v) is 4.07. The Balaban J connectivity index is 2.28. The van der Waals surface area contributed by atoms with Crippen LogP contribution < -0.4 is 5.32 Å². The van der Waals surface area contributed by atoms with Crippen molar-refractivity contribution in [1.29, 1.82) is 0 Å². The van der Waals surface area contributed by atoms with Crippen LogP contribution in [-0.2, 0) is 6.42 Å². The molecule has 1 rings (SSSR count). The summed E-state index contributed by atoms with van der Waals surface area (Å²) in [7, 11) is 0. The predicted octanol–water partition coefficient (Wildman–Crippen LogP) is 1.79. The smallest absolute Gasteiger partial charge is 0.138 e. The molecule has 86 valence electrons. The fraction of sp³-hybridized carbons (Fsp3) is 0.818. The summed E-state index contributed by atoms with van der Waals surface area (Å²) in [6.07, 6.45) is 4.98. The van der Waals surface area contributed by atoms with Crippen LogP contribution in [0.4, 0.5) is 0 Å². The van der Waals surface area contributed by atoms with E-state index in [-0.39, 0.29) is 0 Å². The zero-order valence-electron chi connectivity index (χ0n) is 10.0. The number of aryl methyl sites for hydroxylation is 1. The van der Waals surface area contributed by atoms with E-state index in [1.807, 2.05) is 4.68 Å². The van der Waals surface area contributed by atoms with E-state index in [1.54, 1.807) is 6.33 Å². The van der Waals surface area contributed by atoms with Gasteiger partial charge in [0.2, 0.25) is 0 Å². The average Bonchev–Trinajstić information content (AvgIpc) is 2.66. The van der Waals surface area contributed by atoms with Gasteiger partial charge in [-0.25, -0.2) is 9.67 Å². The van der Waals surface area contributed by atoms with Gasteiger partial charge in [0.1, 0.15) is 12.2 Å². The van der Waals surface area contributed by atoms with Gasteiger partial charge in [0, 0.05) is 12.5 Å². The molecule has 0 aliphatic heterocycles. The monoisotopic (exact) mass is 210 g/mol. The molecule has 4 heteroatoms. The lowest BCUT2D eigenvalue weighted by molar-refractivity contribution is 0.497. The summed E-state index contributed by atoms with van der Waals surface area (Å²) in [6, 6.07) is 0.408. The first-order valence-electron chi connectivity index (χ1n) is 5.84. The van der Waals surface area contributed by atoms with Crippen molar-refractivity contribution in [3.8, 4) is 0 Å². The molecule has 4 nitrogen and oxygen atoms in total. The Morgan fingerprint density at radius 2 is 2.20 bits per heavy atom. The Hall–Kier alpha value is -0.900. The molecule has 15 heavy (non-hydrogen) atoms. The zero-order valence-corrected chi connectivity index (χ0v) is 10.0. The fourth-order valence-corrected chi connectivity index (χ4v) is 1.56. The maximum Gasteiger partial charge on any atom is 0.138 e. The summed E-state index contributed by atoms with van der Waals surface area (Å²) in [5, 5.41) is 7.60. The molecule has 0 unspecified atom stereocenters. The van der Waals surface area contributed by atoms with Crippen LogP contribution >= 0.6 is 0 Å². The predicted molar refractivity (Wildman–Crippen MR) is 61.9 cm³/mol. The van der Waals surface area contributed by atoms with Crippen LogP contribution in [0.3, 0.4) is 0 Å². The zero-order chi connectivity index (χ0) is 11.1. The van der Waals surface area contributed by atoms with Crippen molar-refractivity contribution < 1.29 is 0 Å². The van der Waals surface area contributed by atoms with Crippen molar-refractivity contribution in [2.75, 3.05) is 13.1 Å². The fourth-order valence-electron chi connectivity index (χ4n) is 1.56. The second-order valence-electron chi connectivity index (χ2n) is 4.07. The largest absolute Gasteiger partial charge is 0.317 e. The van der Waals surface area contributed by atoms with E-state index >= 15 is 0 Å². The molecule has 0 bridgehead atoms. The van der Waals surface area contributed by atoms with Gasteiger partial charge in [-0.15, -0.1) is 0 Å². The van der Waals surface area contributed by atoms with Crippen LogP contribution in [0.2, 0.25) is 0 Å². The Bertz CT molecular complexity index is 267. The van der Waals surface area contributed by atoms with E-state index < -0.39 is 0 Å². The van der Waals surface area contributed by atoms with E-state index in [4.69, 9.17) is 0 Å². The molecule has 0 aliphatic carbocycles. The minimum Gasteiger partial charge on any atom is -0.317 e. The van der Waals surface area contributed by atoms with Crippen LogP contribution in [0.5, 0.6) is 0 Å². The lowest BCUT2D eigenvalue weighted by atomic mass is 10.2. The third-order valence-corrected chi connectivity index (χ3v) is 2.32. The summed E-state index contributed by atoms with van der Waals surface area (Å²) < 4.78 is 2.00. The lowest BCUT2D eigenvalue weighted by Crippen LogP contribution is -2.17. The molecule has 0 aromatic carbocycles. The van der Waals surface area contributed by atoms with Gasteiger partial charge in [-0.3, -0.25) is 0 Å². The summed E-state index contributed by atoms with van der Waals surface area (Å²) in [5.74, 6) is 1.10. The van der Waals surface area contributed by atoms with Gasteiger partial charge >= 0.3 is 0 Å². The molecule has 0 saturated heterocycles. The molecule has 1 N–H and O–H groups in total. The van der Waals surface area contributed by atoms with Gasteiger partial charge in [-0.05, 0) is 39.8 Å². The quantitative estimate of drug-likeness (QED) is 0.698. The van der Waals surface area contributed by atoms with Crippen LogP contribution in [0.1, 0.15) is 45.5 Å². The highest BCUT2D eigenvalue weighted by molar-refractivity contribution is 4.86. The number of nitrogens with one attached hydrogen (secondary N) is 1. The highest BCUT2D eigenvalue weighted by Gasteiger charge is 2.06. The Morgan fingerprint density at radius 1 is 1.40 bits per heavy atom. The van der Waals surface area contributed by atoms with Crippen molar-refractivity contribution in [3.05, 3.63) is 12.2 Å². The molecule has 1 heterocycles. The molecule has 0 saturated carbocycles. The average molecular weight is 210 g/mol. The Morgan fingerprint density at radius 3 is 2.87 bits per heavy atom. The summed E-state index contributed by atoms with van der Waals surface area (Å²) in [6.45, 7) is 8.62. The van der Waals surface area contributed by atoms with Crippen LogP contribution in [-0.4, -0.2) is 27.9 Å². The molecular weight excluding hydrogens is 188 g/mol. The molecule has 0 atom stereocenters. The van der Waals surface area contributed by atoms with Gasteiger partial charge in [0.05, 0.1) is 0 Å².